The van der Waals surface area contributed by atoms with Gasteiger partial charge in [-0.3, -0.25) is 9.69 Å². The second-order valence-corrected chi connectivity index (χ2v) is 5.59. The molecule has 0 bridgehead atoms. The van der Waals surface area contributed by atoms with Crippen molar-refractivity contribution in [3.8, 4) is 0 Å². The summed E-state index contributed by atoms with van der Waals surface area (Å²) in [4.78, 5) is 27.8. The summed E-state index contributed by atoms with van der Waals surface area (Å²) in [6, 6.07) is 7.23. The molecule has 1 aromatic rings. The van der Waals surface area contributed by atoms with Gasteiger partial charge in [0.25, 0.3) is 5.91 Å². The molecule has 0 aliphatic carbocycles. The van der Waals surface area contributed by atoms with Gasteiger partial charge in [0.05, 0.1) is 0 Å². The molecule has 0 unspecified atom stereocenters. The monoisotopic (exact) mass is 324 g/mol. The van der Waals surface area contributed by atoms with Crippen LogP contribution in [0.25, 0.3) is 0 Å². The van der Waals surface area contributed by atoms with Gasteiger partial charge < -0.3 is 16.0 Å². The SMILES string of the molecule is Cl.N[C@H]1CCN(C(=O)c2cccc(N3CCCNC3=O)c2)C1. The van der Waals surface area contributed by atoms with Crippen LogP contribution in [0.3, 0.4) is 0 Å². The molecule has 7 heteroatoms. The maximum absolute atomic E-state index is 12.5. The van der Waals surface area contributed by atoms with Crippen LogP contribution in [-0.4, -0.2) is 49.1 Å². The van der Waals surface area contributed by atoms with Gasteiger partial charge in [0, 0.05) is 43.5 Å². The van der Waals surface area contributed by atoms with Crippen LogP contribution in [0, 0.1) is 0 Å². The quantitative estimate of drug-likeness (QED) is 0.858. The molecule has 0 radical (unpaired) electrons. The van der Waals surface area contributed by atoms with Crippen LogP contribution in [0.2, 0.25) is 0 Å². The van der Waals surface area contributed by atoms with Gasteiger partial charge in [0.2, 0.25) is 0 Å². The Morgan fingerprint density at radius 2 is 2.14 bits per heavy atom. The van der Waals surface area contributed by atoms with Gasteiger partial charge >= 0.3 is 6.03 Å². The van der Waals surface area contributed by atoms with Crippen LogP contribution < -0.4 is 16.0 Å². The van der Waals surface area contributed by atoms with Crippen molar-refractivity contribution in [2.75, 3.05) is 31.1 Å². The lowest BCUT2D eigenvalue weighted by Crippen LogP contribution is -2.46. The molecule has 2 fully saturated rings. The first-order valence-electron chi connectivity index (χ1n) is 7.35. The highest BCUT2D eigenvalue weighted by molar-refractivity contribution is 5.98. The number of benzene rings is 1. The summed E-state index contributed by atoms with van der Waals surface area (Å²) in [5.74, 6) is -0.0118. The number of nitrogens with one attached hydrogen (secondary N) is 1. The van der Waals surface area contributed by atoms with Gasteiger partial charge in [-0.15, -0.1) is 12.4 Å². The Bertz CT molecular complexity index is 566. The predicted molar refractivity (Wildman–Crippen MR) is 87.5 cm³/mol. The normalized spacial score (nSPS) is 21.3. The zero-order chi connectivity index (χ0) is 14.8. The molecular weight excluding hydrogens is 304 g/mol. The molecule has 3 amide bonds. The van der Waals surface area contributed by atoms with Gasteiger partial charge in [0.1, 0.15) is 0 Å². The van der Waals surface area contributed by atoms with Crippen molar-refractivity contribution >= 4 is 30.0 Å². The fourth-order valence-corrected chi connectivity index (χ4v) is 2.84. The number of hydrogen-bond donors (Lipinski definition) is 2. The van der Waals surface area contributed by atoms with E-state index in [1.165, 1.54) is 0 Å². The first-order valence-corrected chi connectivity index (χ1v) is 7.35. The summed E-state index contributed by atoms with van der Waals surface area (Å²) in [5.41, 5.74) is 7.23. The number of carbonyl (C=O) groups is 2. The number of urea groups is 1. The van der Waals surface area contributed by atoms with E-state index >= 15 is 0 Å². The molecule has 120 valence electrons. The van der Waals surface area contributed by atoms with E-state index in [1.807, 2.05) is 12.1 Å². The van der Waals surface area contributed by atoms with Gasteiger partial charge in [-0.1, -0.05) is 6.07 Å². The molecular formula is C15H21ClN4O2. The third-order valence-electron chi connectivity index (χ3n) is 4.00. The number of likely N-dealkylation sites (tertiary alicyclic amines) is 1. The van der Waals surface area contributed by atoms with Crippen LogP contribution in [0.4, 0.5) is 10.5 Å². The van der Waals surface area contributed by atoms with Gasteiger partial charge in [0.15, 0.2) is 0 Å². The van der Waals surface area contributed by atoms with E-state index in [9.17, 15) is 9.59 Å². The van der Waals surface area contributed by atoms with Crippen molar-refractivity contribution in [1.29, 1.82) is 0 Å². The second kappa shape index (κ2) is 6.98. The number of carbonyl (C=O) groups excluding carboxylic acids is 2. The molecule has 3 N–H and O–H groups in total. The molecule has 0 spiro atoms. The molecule has 1 atom stereocenters. The summed E-state index contributed by atoms with van der Waals surface area (Å²) in [6.45, 7) is 2.69. The minimum atomic E-state index is -0.103. The van der Waals surface area contributed by atoms with E-state index in [0.717, 1.165) is 18.5 Å². The van der Waals surface area contributed by atoms with Gasteiger partial charge in [-0.05, 0) is 31.0 Å². The van der Waals surface area contributed by atoms with E-state index in [2.05, 4.69) is 5.32 Å². The first kappa shape index (κ1) is 16.6. The molecule has 0 saturated carbocycles. The standard InChI is InChI=1S/C15H20N4O2.ClH/c16-12-5-8-18(10-12)14(20)11-3-1-4-13(9-11)19-7-2-6-17-15(19)21;/h1,3-4,9,12H,2,5-8,10,16H2,(H,17,21);1H/t12-;/m0./s1. The molecule has 6 nitrogen and oxygen atoms in total. The zero-order valence-corrected chi connectivity index (χ0v) is 13.1. The number of rotatable bonds is 2. The van der Waals surface area contributed by atoms with Crippen LogP contribution in [-0.2, 0) is 0 Å². The Balaban J connectivity index is 0.00000176. The first-order chi connectivity index (χ1) is 10.1. The van der Waals surface area contributed by atoms with E-state index in [-0.39, 0.29) is 30.4 Å². The van der Waals surface area contributed by atoms with Crippen molar-refractivity contribution in [2.24, 2.45) is 5.73 Å². The summed E-state index contributed by atoms with van der Waals surface area (Å²) < 4.78 is 0. The number of nitrogens with zero attached hydrogens (tertiary/aromatic N) is 2. The van der Waals surface area contributed by atoms with Crippen molar-refractivity contribution < 1.29 is 9.59 Å². The van der Waals surface area contributed by atoms with Gasteiger partial charge in [-0.25, -0.2) is 4.79 Å². The molecule has 0 aromatic heterocycles. The smallest absolute Gasteiger partial charge is 0.321 e. The number of amides is 3. The highest BCUT2D eigenvalue weighted by Gasteiger charge is 2.25. The third kappa shape index (κ3) is 3.34. The number of halogens is 1. The maximum atomic E-state index is 12.5. The summed E-state index contributed by atoms with van der Waals surface area (Å²) in [6.07, 6.45) is 1.75. The molecule has 2 aliphatic rings. The Morgan fingerprint density at radius 3 is 2.82 bits per heavy atom. The molecule has 2 heterocycles. The zero-order valence-electron chi connectivity index (χ0n) is 12.3. The molecule has 22 heavy (non-hydrogen) atoms. The highest BCUT2D eigenvalue weighted by Crippen LogP contribution is 2.20. The summed E-state index contributed by atoms with van der Waals surface area (Å²) in [7, 11) is 0. The van der Waals surface area contributed by atoms with Crippen LogP contribution in [0.1, 0.15) is 23.2 Å². The minimum Gasteiger partial charge on any atom is -0.338 e. The van der Waals surface area contributed by atoms with Crippen LogP contribution in [0.5, 0.6) is 0 Å². The van der Waals surface area contributed by atoms with E-state index in [4.69, 9.17) is 5.73 Å². The summed E-state index contributed by atoms with van der Waals surface area (Å²) in [5, 5.41) is 2.82. The fourth-order valence-electron chi connectivity index (χ4n) is 2.84. The number of hydrogen-bond acceptors (Lipinski definition) is 3. The lowest BCUT2D eigenvalue weighted by molar-refractivity contribution is 0.0791. The van der Waals surface area contributed by atoms with Gasteiger partial charge in [-0.2, -0.15) is 0 Å². The Hall–Kier alpha value is -1.79. The lowest BCUT2D eigenvalue weighted by Gasteiger charge is -2.28. The average Bonchev–Trinajstić information content (AvgIpc) is 2.94. The van der Waals surface area contributed by atoms with Crippen molar-refractivity contribution in [1.82, 2.24) is 10.2 Å². The topological polar surface area (TPSA) is 78.7 Å². The largest absolute Gasteiger partial charge is 0.338 e. The number of nitrogens with two attached hydrogens (primary N) is 1. The van der Waals surface area contributed by atoms with Crippen LogP contribution in [0.15, 0.2) is 24.3 Å². The second-order valence-electron chi connectivity index (χ2n) is 5.59. The molecule has 2 aliphatic heterocycles. The minimum absolute atomic E-state index is 0. The molecule has 2 saturated heterocycles. The van der Waals surface area contributed by atoms with E-state index in [1.54, 1.807) is 21.9 Å². The lowest BCUT2D eigenvalue weighted by atomic mass is 10.1. The highest BCUT2D eigenvalue weighted by atomic mass is 35.5. The third-order valence-corrected chi connectivity index (χ3v) is 4.00. The Kier molecular flexibility index (Phi) is 5.26. The van der Waals surface area contributed by atoms with Crippen molar-refractivity contribution in [3.63, 3.8) is 0 Å². The Labute approximate surface area is 136 Å². The predicted octanol–water partition coefficient (Wildman–Crippen LogP) is 1.20. The average molecular weight is 325 g/mol. The molecule has 3 rings (SSSR count). The van der Waals surface area contributed by atoms with Crippen LogP contribution >= 0.6 is 12.4 Å². The molecule has 1 aromatic carbocycles. The number of anilines is 1. The summed E-state index contributed by atoms with van der Waals surface area (Å²) >= 11 is 0. The van der Waals surface area contributed by atoms with E-state index in [0.29, 0.717) is 31.7 Å². The maximum Gasteiger partial charge on any atom is 0.321 e. The van der Waals surface area contributed by atoms with E-state index < -0.39 is 0 Å². The fraction of sp³-hybridized carbons (Fsp3) is 0.467. The van der Waals surface area contributed by atoms with Crippen molar-refractivity contribution in [2.45, 2.75) is 18.9 Å². The van der Waals surface area contributed by atoms with Crippen molar-refractivity contribution in [3.05, 3.63) is 29.8 Å². The Morgan fingerprint density at radius 1 is 1.32 bits per heavy atom.